The molecule has 0 fully saturated rings. The van der Waals surface area contributed by atoms with Gasteiger partial charge in [0, 0.05) is 12.2 Å². The molecule has 27 heavy (non-hydrogen) atoms. The Balaban J connectivity index is 2.62. The zero-order chi connectivity index (χ0) is 20.8. The average Bonchev–Trinajstić information content (AvgIpc) is 2.86. The van der Waals surface area contributed by atoms with E-state index in [2.05, 4.69) is 17.0 Å². The molecule has 0 saturated carbocycles. The number of ketones is 1. The van der Waals surface area contributed by atoms with Crippen molar-refractivity contribution in [1.82, 2.24) is 0 Å². The number of thioether (sulfide) groups is 1. The van der Waals surface area contributed by atoms with Gasteiger partial charge >= 0.3 is 17.1 Å². The fourth-order valence-corrected chi connectivity index (χ4v) is 2.96. The van der Waals surface area contributed by atoms with Crippen LogP contribution in [0.2, 0.25) is 0 Å². The van der Waals surface area contributed by atoms with Crippen LogP contribution < -0.4 is 5.82 Å². The fraction of sp³-hybridized carbons (Fsp3) is 0.647. The monoisotopic (exact) mass is 420 g/mol. The van der Waals surface area contributed by atoms with E-state index in [4.69, 9.17) is 13.9 Å². The Labute approximate surface area is 166 Å². The van der Waals surface area contributed by atoms with Crippen molar-refractivity contribution in [3.8, 4) is 0 Å². The van der Waals surface area contributed by atoms with E-state index in [1.165, 1.54) is 6.92 Å². The predicted octanol–water partition coefficient (Wildman–Crippen LogP) is 3.15. The van der Waals surface area contributed by atoms with Gasteiger partial charge in [-0.05, 0) is 46.4 Å². The van der Waals surface area contributed by atoms with Crippen LogP contribution in [0.4, 0.5) is 4.79 Å². The third-order valence-electron chi connectivity index (χ3n) is 3.50. The number of hydrogen-bond donors (Lipinski definition) is 1. The average molecular weight is 421 g/mol. The SMILES string of the molecule is Cc1oc(=O)oc1COC(=O)SC(C)(C)C(=O)C[C@@H](CS)C(=O)OC(C)C. The quantitative estimate of drug-likeness (QED) is 0.475. The largest absolute Gasteiger partial charge is 0.519 e. The Morgan fingerprint density at radius 2 is 1.85 bits per heavy atom. The third-order valence-corrected chi connectivity index (χ3v) is 4.97. The second kappa shape index (κ2) is 10.0. The number of carbonyl (C=O) groups is 3. The van der Waals surface area contributed by atoms with E-state index < -0.39 is 27.8 Å². The highest BCUT2D eigenvalue weighted by molar-refractivity contribution is 8.15. The van der Waals surface area contributed by atoms with E-state index in [0.29, 0.717) is 11.8 Å². The first-order valence-electron chi connectivity index (χ1n) is 8.26. The van der Waals surface area contributed by atoms with Crippen LogP contribution in [0.15, 0.2) is 13.6 Å². The van der Waals surface area contributed by atoms with Crippen LogP contribution >= 0.6 is 24.4 Å². The highest BCUT2D eigenvalue weighted by Crippen LogP contribution is 2.30. The Morgan fingerprint density at radius 1 is 1.22 bits per heavy atom. The summed E-state index contributed by atoms with van der Waals surface area (Å²) in [5.41, 5.74) is 0. The maximum absolute atomic E-state index is 12.5. The normalized spacial score (nSPS) is 12.7. The van der Waals surface area contributed by atoms with Crippen LogP contribution in [-0.4, -0.2) is 33.7 Å². The van der Waals surface area contributed by atoms with Crippen molar-refractivity contribution in [3.05, 3.63) is 22.1 Å². The Bertz CT molecular complexity index is 732. The van der Waals surface area contributed by atoms with Gasteiger partial charge in [0.1, 0.15) is 5.78 Å². The number of carbonyl (C=O) groups excluding carboxylic acids is 3. The van der Waals surface area contributed by atoms with Gasteiger partial charge in [0.25, 0.3) is 0 Å². The van der Waals surface area contributed by atoms with Crippen LogP contribution in [0.5, 0.6) is 0 Å². The van der Waals surface area contributed by atoms with Crippen molar-refractivity contribution in [2.24, 2.45) is 5.92 Å². The standard InChI is InChI=1S/C17H24O8S2/c1-9(2)23-14(19)11(8-26)6-13(18)17(4,5)27-16(21)22-7-12-10(3)24-15(20)25-12/h9,11,26H,6-8H2,1-5H3/t11-/m0/s1. The maximum Gasteiger partial charge on any atom is 0.519 e. The molecule has 8 nitrogen and oxygen atoms in total. The lowest BCUT2D eigenvalue weighted by molar-refractivity contribution is -0.153. The molecule has 1 rings (SSSR count). The summed E-state index contributed by atoms with van der Waals surface area (Å²) in [5, 5.41) is -0.719. The number of rotatable bonds is 9. The van der Waals surface area contributed by atoms with Gasteiger partial charge in [-0.2, -0.15) is 12.6 Å². The van der Waals surface area contributed by atoms with Crippen molar-refractivity contribution in [2.75, 3.05) is 5.75 Å². The first kappa shape index (κ1) is 23.4. The number of ether oxygens (including phenoxy) is 2. The molecule has 0 aliphatic heterocycles. The number of thiol groups is 1. The Hall–Kier alpha value is -1.68. The molecule has 0 radical (unpaired) electrons. The van der Waals surface area contributed by atoms with Gasteiger partial charge in [-0.25, -0.2) is 9.59 Å². The lowest BCUT2D eigenvalue weighted by Crippen LogP contribution is -2.34. The molecule has 1 aromatic heterocycles. The minimum atomic E-state index is -1.12. The van der Waals surface area contributed by atoms with Crippen LogP contribution in [-0.2, 0) is 25.7 Å². The minimum absolute atomic E-state index is 0.0992. The highest BCUT2D eigenvalue weighted by atomic mass is 32.2. The summed E-state index contributed by atoms with van der Waals surface area (Å²) in [6.07, 6.45) is -0.392. The summed E-state index contributed by atoms with van der Waals surface area (Å²) in [4.78, 5) is 47.5. The molecule has 0 amide bonds. The molecule has 0 aliphatic rings. The molecular weight excluding hydrogens is 396 g/mol. The molecule has 0 saturated heterocycles. The summed E-state index contributed by atoms with van der Waals surface area (Å²) >= 11 is 4.79. The molecule has 152 valence electrons. The first-order chi connectivity index (χ1) is 12.5. The molecule has 0 bridgehead atoms. The van der Waals surface area contributed by atoms with Gasteiger partial charge in [0.15, 0.2) is 18.1 Å². The highest BCUT2D eigenvalue weighted by Gasteiger charge is 2.35. The van der Waals surface area contributed by atoms with Gasteiger partial charge < -0.3 is 18.3 Å². The van der Waals surface area contributed by atoms with Crippen LogP contribution in [0.1, 0.15) is 45.6 Å². The van der Waals surface area contributed by atoms with Crippen molar-refractivity contribution in [3.63, 3.8) is 0 Å². The Kier molecular flexibility index (Phi) is 8.67. The Morgan fingerprint density at radius 3 is 2.33 bits per heavy atom. The van der Waals surface area contributed by atoms with Crippen LogP contribution in [0.25, 0.3) is 0 Å². The maximum atomic E-state index is 12.5. The van der Waals surface area contributed by atoms with E-state index >= 15 is 0 Å². The third kappa shape index (κ3) is 7.45. The van der Waals surface area contributed by atoms with Gasteiger partial charge in [-0.15, -0.1) is 0 Å². The van der Waals surface area contributed by atoms with Gasteiger partial charge in [0.05, 0.1) is 16.8 Å². The first-order valence-corrected chi connectivity index (χ1v) is 9.71. The zero-order valence-electron chi connectivity index (χ0n) is 15.9. The fourth-order valence-electron chi connectivity index (χ4n) is 1.95. The van der Waals surface area contributed by atoms with E-state index in [-0.39, 0.29) is 42.2 Å². The van der Waals surface area contributed by atoms with Crippen molar-refractivity contribution in [1.29, 1.82) is 0 Å². The summed E-state index contributed by atoms with van der Waals surface area (Å²) in [6.45, 7) is 7.78. The summed E-state index contributed by atoms with van der Waals surface area (Å²) < 4.78 is 18.4. The second-order valence-corrected chi connectivity index (χ2v) is 8.50. The lowest BCUT2D eigenvalue weighted by Gasteiger charge is -2.23. The van der Waals surface area contributed by atoms with E-state index in [1.807, 2.05) is 0 Å². The summed E-state index contributed by atoms with van der Waals surface area (Å²) in [6, 6.07) is 0. The van der Waals surface area contributed by atoms with Gasteiger partial charge in [-0.1, -0.05) is 0 Å². The summed E-state index contributed by atoms with van der Waals surface area (Å²) in [7, 11) is 0. The number of Topliss-reactive ketones (excluding diaryl/α,β-unsaturated/α-hetero) is 1. The predicted molar refractivity (Wildman–Crippen MR) is 102 cm³/mol. The molecule has 10 heteroatoms. The number of esters is 1. The molecule has 0 spiro atoms. The zero-order valence-corrected chi connectivity index (χ0v) is 17.6. The van der Waals surface area contributed by atoms with E-state index in [1.54, 1.807) is 27.7 Å². The molecule has 0 unspecified atom stereocenters. The molecule has 1 atom stereocenters. The van der Waals surface area contributed by atoms with Crippen LogP contribution in [0, 0.1) is 12.8 Å². The lowest BCUT2D eigenvalue weighted by atomic mass is 9.97. The van der Waals surface area contributed by atoms with E-state index in [0.717, 1.165) is 0 Å². The molecule has 0 aromatic carbocycles. The smallest absolute Gasteiger partial charge is 0.463 e. The molecular formula is C17H24O8S2. The topological polar surface area (TPSA) is 113 Å². The van der Waals surface area contributed by atoms with Crippen molar-refractivity contribution < 1.29 is 32.7 Å². The van der Waals surface area contributed by atoms with E-state index in [9.17, 15) is 19.2 Å². The number of hydrogen-bond acceptors (Lipinski definition) is 10. The number of aryl methyl sites for hydroxylation is 1. The minimum Gasteiger partial charge on any atom is -0.463 e. The molecule has 1 aromatic rings. The van der Waals surface area contributed by atoms with Crippen molar-refractivity contribution in [2.45, 2.75) is 58.5 Å². The summed E-state index contributed by atoms with van der Waals surface area (Å²) in [5.74, 6) is -1.91. The second-order valence-electron chi connectivity index (χ2n) is 6.58. The van der Waals surface area contributed by atoms with Gasteiger partial charge in [-0.3, -0.25) is 9.59 Å². The van der Waals surface area contributed by atoms with Crippen LogP contribution in [0.3, 0.4) is 0 Å². The van der Waals surface area contributed by atoms with Gasteiger partial charge in [0.2, 0.25) is 0 Å². The molecule has 0 N–H and O–H groups in total. The molecule has 0 aliphatic carbocycles. The van der Waals surface area contributed by atoms with Crippen molar-refractivity contribution >= 4 is 41.4 Å². The molecule has 1 heterocycles.